The Morgan fingerprint density at radius 1 is 0.882 bits per heavy atom. The van der Waals surface area contributed by atoms with Crippen molar-refractivity contribution in [2.24, 2.45) is 0 Å². The Morgan fingerprint density at radius 3 is 2.12 bits per heavy atom. The lowest BCUT2D eigenvalue weighted by atomic mass is 10.0. The van der Waals surface area contributed by atoms with Crippen molar-refractivity contribution in [1.29, 1.82) is 0 Å². The van der Waals surface area contributed by atoms with E-state index in [4.69, 9.17) is 0 Å². The Kier molecular flexibility index (Phi) is 3.93. The highest BCUT2D eigenvalue weighted by molar-refractivity contribution is 7.67. The monoisotopic (exact) mass is 244 g/mol. The van der Waals surface area contributed by atoms with E-state index in [9.17, 15) is 4.89 Å². The van der Waals surface area contributed by atoms with E-state index < -0.39 is 8.15 Å². The Labute approximate surface area is 104 Å². The summed E-state index contributed by atoms with van der Waals surface area (Å²) in [5, 5.41) is 2.08. The molecule has 0 saturated carbocycles. The second kappa shape index (κ2) is 5.44. The maximum atomic E-state index is 10.5. The van der Waals surface area contributed by atoms with Crippen LogP contribution in [0.3, 0.4) is 0 Å². The first-order chi connectivity index (χ1) is 8.20. The van der Waals surface area contributed by atoms with Crippen LogP contribution in [0.5, 0.6) is 0 Å². The van der Waals surface area contributed by atoms with Crippen molar-refractivity contribution in [2.45, 2.75) is 19.8 Å². The van der Waals surface area contributed by atoms with E-state index in [1.54, 1.807) is 0 Å². The molecule has 1 nitrogen and oxygen atoms in total. The second-order valence-corrected chi connectivity index (χ2v) is 5.98. The van der Waals surface area contributed by atoms with E-state index in [1.807, 2.05) is 48.5 Å². The van der Waals surface area contributed by atoms with Gasteiger partial charge in [0.05, 0.1) is 8.15 Å². The molecule has 0 aromatic heterocycles. The molecule has 0 aliphatic rings. The van der Waals surface area contributed by atoms with Gasteiger partial charge in [-0.05, 0) is 11.5 Å². The third kappa shape index (κ3) is 2.74. The molecular formula is C15H17OP. The summed E-state index contributed by atoms with van der Waals surface area (Å²) >= 11 is 0. The first kappa shape index (κ1) is 12.3. The summed E-state index contributed by atoms with van der Waals surface area (Å²) in [7, 11) is -1.22. The lowest BCUT2D eigenvalue weighted by Crippen LogP contribution is -2.16. The molecule has 0 amide bonds. The standard InChI is InChI=1S/C15H17OP/c1-12(2)14-10-6-7-11-15(14)17(16)13-8-4-3-5-9-13/h3-12,16H,1-2H3. The number of hydrogen-bond donors (Lipinski definition) is 1. The van der Waals surface area contributed by atoms with Gasteiger partial charge in [-0.3, -0.25) is 0 Å². The summed E-state index contributed by atoms with van der Waals surface area (Å²) in [6, 6.07) is 18.1. The first-order valence-corrected chi connectivity index (χ1v) is 7.12. The molecule has 2 rings (SSSR count). The molecule has 0 fully saturated rings. The Bertz CT molecular complexity index is 479. The molecule has 0 heterocycles. The maximum absolute atomic E-state index is 10.5. The lowest BCUT2D eigenvalue weighted by molar-refractivity contribution is 0.644. The van der Waals surface area contributed by atoms with Gasteiger partial charge in [0.25, 0.3) is 0 Å². The van der Waals surface area contributed by atoms with Crippen LogP contribution in [0.1, 0.15) is 25.3 Å². The van der Waals surface area contributed by atoms with Crippen LogP contribution in [0.15, 0.2) is 54.6 Å². The summed E-state index contributed by atoms with van der Waals surface area (Å²) in [5.74, 6) is 0.437. The van der Waals surface area contributed by atoms with Gasteiger partial charge in [0.15, 0.2) is 0 Å². The average Bonchev–Trinajstić information content (AvgIpc) is 2.39. The summed E-state index contributed by atoms with van der Waals surface area (Å²) in [6.45, 7) is 4.32. The molecule has 88 valence electrons. The fourth-order valence-corrected chi connectivity index (χ4v) is 3.41. The van der Waals surface area contributed by atoms with E-state index in [1.165, 1.54) is 5.56 Å². The quantitative estimate of drug-likeness (QED) is 0.822. The van der Waals surface area contributed by atoms with E-state index in [-0.39, 0.29) is 0 Å². The van der Waals surface area contributed by atoms with Gasteiger partial charge >= 0.3 is 0 Å². The van der Waals surface area contributed by atoms with Crippen molar-refractivity contribution in [2.75, 3.05) is 0 Å². The third-order valence-corrected chi connectivity index (χ3v) is 4.44. The van der Waals surface area contributed by atoms with Crippen molar-refractivity contribution in [1.82, 2.24) is 0 Å². The molecule has 2 aromatic rings. The summed E-state index contributed by atoms with van der Waals surface area (Å²) in [4.78, 5) is 10.5. The zero-order valence-corrected chi connectivity index (χ0v) is 11.1. The normalized spacial score (nSPS) is 12.7. The Hall–Kier alpha value is -1.17. The first-order valence-electron chi connectivity index (χ1n) is 5.83. The van der Waals surface area contributed by atoms with Crippen LogP contribution < -0.4 is 10.6 Å². The van der Waals surface area contributed by atoms with Crippen LogP contribution in [0.2, 0.25) is 0 Å². The Balaban J connectivity index is 2.41. The summed E-state index contributed by atoms with van der Waals surface area (Å²) in [5.41, 5.74) is 1.24. The van der Waals surface area contributed by atoms with Crippen LogP contribution >= 0.6 is 8.15 Å². The van der Waals surface area contributed by atoms with E-state index in [0.29, 0.717) is 5.92 Å². The van der Waals surface area contributed by atoms with Gasteiger partial charge < -0.3 is 4.89 Å². The molecule has 0 saturated heterocycles. The molecule has 2 aromatic carbocycles. The van der Waals surface area contributed by atoms with Gasteiger partial charge in [-0.25, -0.2) is 0 Å². The maximum Gasteiger partial charge on any atom is 0.0880 e. The van der Waals surface area contributed by atoms with Crippen molar-refractivity contribution < 1.29 is 4.89 Å². The third-order valence-electron chi connectivity index (χ3n) is 2.79. The van der Waals surface area contributed by atoms with Gasteiger partial charge in [-0.15, -0.1) is 0 Å². The Morgan fingerprint density at radius 2 is 1.47 bits per heavy atom. The highest BCUT2D eigenvalue weighted by Gasteiger charge is 2.15. The summed E-state index contributed by atoms with van der Waals surface area (Å²) in [6.07, 6.45) is 0. The molecule has 0 aliphatic carbocycles. The minimum atomic E-state index is -1.22. The van der Waals surface area contributed by atoms with E-state index in [2.05, 4.69) is 19.9 Å². The van der Waals surface area contributed by atoms with Crippen LogP contribution in [0.25, 0.3) is 0 Å². The van der Waals surface area contributed by atoms with Crippen molar-refractivity contribution in [3.8, 4) is 0 Å². The fourth-order valence-electron chi connectivity index (χ4n) is 1.88. The zero-order chi connectivity index (χ0) is 12.3. The topological polar surface area (TPSA) is 20.2 Å². The van der Waals surface area contributed by atoms with Crippen molar-refractivity contribution in [3.63, 3.8) is 0 Å². The van der Waals surface area contributed by atoms with E-state index in [0.717, 1.165) is 10.6 Å². The molecule has 17 heavy (non-hydrogen) atoms. The highest BCUT2D eigenvalue weighted by atomic mass is 31.1. The van der Waals surface area contributed by atoms with Gasteiger partial charge in [0.1, 0.15) is 0 Å². The molecule has 0 aliphatic heterocycles. The average molecular weight is 244 g/mol. The van der Waals surface area contributed by atoms with Crippen LogP contribution in [0, 0.1) is 0 Å². The summed E-state index contributed by atoms with van der Waals surface area (Å²) < 4.78 is 0. The predicted molar refractivity (Wildman–Crippen MR) is 75.4 cm³/mol. The molecule has 0 radical (unpaired) electrons. The predicted octanol–water partition coefficient (Wildman–Crippen LogP) is 3.15. The van der Waals surface area contributed by atoms with Gasteiger partial charge in [0, 0.05) is 10.6 Å². The minimum Gasteiger partial charge on any atom is -0.364 e. The second-order valence-electron chi connectivity index (χ2n) is 4.36. The van der Waals surface area contributed by atoms with Crippen LogP contribution in [0.4, 0.5) is 0 Å². The van der Waals surface area contributed by atoms with Crippen molar-refractivity contribution >= 4 is 18.8 Å². The molecule has 1 atom stereocenters. The van der Waals surface area contributed by atoms with E-state index >= 15 is 0 Å². The minimum absolute atomic E-state index is 0.437. The van der Waals surface area contributed by atoms with Crippen LogP contribution in [-0.4, -0.2) is 4.89 Å². The molecule has 1 unspecified atom stereocenters. The zero-order valence-electron chi connectivity index (χ0n) is 10.2. The SMILES string of the molecule is CC(C)c1ccccc1P(O)c1ccccc1. The highest BCUT2D eigenvalue weighted by Crippen LogP contribution is 2.31. The molecule has 2 heteroatoms. The lowest BCUT2D eigenvalue weighted by Gasteiger charge is -2.17. The number of hydrogen-bond acceptors (Lipinski definition) is 1. The molecule has 0 spiro atoms. The number of benzene rings is 2. The van der Waals surface area contributed by atoms with Crippen molar-refractivity contribution in [3.05, 3.63) is 60.2 Å². The molecular weight excluding hydrogens is 227 g/mol. The van der Waals surface area contributed by atoms with Gasteiger partial charge in [0.2, 0.25) is 0 Å². The fraction of sp³-hybridized carbons (Fsp3) is 0.200. The number of rotatable bonds is 3. The smallest absolute Gasteiger partial charge is 0.0880 e. The van der Waals surface area contributed by atoms with Crippen LogP contribution in [-0.2, 0) is 0 Å². The molecule has 0 bridgehead atoms. The van der Waals surface area contributed by atoms with Gasteiger partial charge in [-0.1, -0.05) is 68.4 Å². The largest absolute Gasteiger partial charge is 0.364 e. The van der Waals surface area contributed by atoms with Gasteiger partial charge in [-0.2, -0.15) is 0 Å². The molecule has 1 N–H and O–H groups in total.